The lowest BCUT2D eigenvalue weighted by molar-refractivity contribution is 0.0946. The second-order valence-electron chi connectivity index (χ2n) is 6.10. The number of carbonyl (C=O) groups is 1. The van der Waals surface area contributed by atoms with Crippen LogP contribution in [0.4, 0.5) is 0 Å². The van der Waals surface area contributed by atoms with Crippen LogP contribution in [0.1, 0.15) is 33.9 Å². The van der Waals surface area contributed by atoms with Gasteiger partial charge >= 0.3 is 0 Å². The van der Waals surface area contributed by atoms with Crippen LogP contribution in [0.25, 0.3) is 0 Å². The highest BCUT2D eigenvalue weighted by Crippen LogP contribution is 2.21. The molecule has 1 aliphatic heterocycles. The maximum Gasteiger partial charge on any atom is 0.271 e. The maximum atomic E-state index is 12.5. The average molecular weight is 395 g/mol. The van der Waals surface area contributed by atoms with E-state index in [1.807, 2.05) is 0 Å². The van der Waals surface area contributed by atoms with E-state index in [1.54, 1.807) is 29.6 Å². The highest BCUT2D eigenvalue weighted by molar-refractivity contribution is 7.89. The Balaban J connectivity index is 1.59. The van der Waals surface area contributed by atoms with Crippen LogP contribution in [-0.2, 0) is 23.0 Å². The summed E-state index contributed by atoms with van der Waals surface area (Å²) in [4.78, 5) is 16.7. The Kier molecular flexibility index (Phi) is 6.02. The van der Waals surface area contributed by atoms with Crippen LogP contribution in [0, 0.1) is 0 Å². The van der Waals surface area contributed by atoms with E-state index in [0.29, 0.717) is 43.2 Å². The van der Waals surface area contributed by atoms with Gasteiger partial charge in [-0.15, -0.1) is 11.3 Å². The van der Waals surface area contributed by atoms with Gasteiger partial charge in [0.15, 0.2) is 0 Å². The monoisotopic (exact) mass is 394 g/mol. The van der Waals surface area contributed by atoms with E-state index in [1.165, 1.54) is 15.6 Å². The zero-order valence-corrected chi connectivity index (χ0v) is 16.0. The fraction of sp³-hybridized carbons (Fsp3) is 0.412. The number of hydrogen-bond donors (Lipinski definition) is 2. The molecule has 0 spiro atoms. The Bertz CT molecular complexity index is 856. The van der Waals surface area contributed by atoms with Gasteiger partial charge < -0.3 is 11.1 Å². The molecular formula is C17H22N4O3S2. The van der Waals surface area contributed by atoms with Crippen LogP contribution in [0.15, 0.2) is 34.5 Å². The van der Waals surface area contributed by atoms with Gasteiger partial charge in [0, 0.05) is 31.4 Å². The third-order valence-electron chi connectivity index (χ3n) is 4.22. The summed E-state index contributed by atoms with van der Waals surface area (Å²) in [6.45, 7) is 1.98. The van der Waals surface area contributed by atoms with Crippen LogP contribution < -0.4 is 11.1 Å². The summed E-state index contributed by atoms with van der Waals surface area (Å²) in [5.41, 5.74) is 6.69. The molecule has 0 saturated carbocycles. The van der Waals surface area contributed by atoms with Crippen LogP contribution in [0.3, 0.4) is 0 Å². The summed E-state index contributed by atoms with van der Waals surface area (Å²) >= 11 is 1.42. The standard InChI is InChI=1S/C17H22N4O3S2/c18-8-7-16-20-15(12-25-16)17(22)19-11-13-3-5-14(6-4-13)26(23,24)21-9-1-2-10-21/h3-6,12H,1-2,7-11,18H2,(H,19,22). The molecular weight excluding hydrogens is 372 g/mol. The van der Waals surface area contributed by atoms with Crippen molar-refractivity contribution in [3.63, 3.8) is 0 Å². The van der Waals surface area contributed by atoms with Crippen molar-refractivity contribution in [3.8, 4) is 0 Å². The van der Waals surface area contributed by atoms with Crippen molar-refractivity contribution >= 4 is 27.3 Å². The fourth-order valence-electron chi connectivity index (χ4n) is 2.78. The maximum absolute atomic E-state index is 12.5. The number of nitrogens with two attached hydrogens (primary N) is 1. The Morgan fingerprint density at radius 2 is 1.92 bits per heavy atom. The molecule has 140 valence electrons. The van der Waals surface area contributed by atoms with E-state index < -0.39 is 10.0 Å². The molecule has 3 N–H and O–H groups in total. The van der Waals surface area contributed by atoms with Crippen LogP contribution in [-0.4, -0.2) is 43.2 Å². The molecule has 0 atom stereocenters. The van der Waals surface area contributed by atoms with Gasteiger partial charge in [-0.2, -0.15) is 4.31 Å². The van der Waals surface area contributed by atoms with Crippen molar-refractivity contribution < 1.29 is 13.2 Å². The number of nitrogens with one attached hydrogen (secondary N) is 1. The summed E-state index contributed by atoms with van der Waals surface area (Å²) in [5.74, 6) is -0.252. The van der Waals surface area contributed by atoms with E-state index in [2.05, 4.69) is 10.3 Å². The first kappa shape index (κ1) is 19.0. The highest BCUT2D eigenvalue weighted by Gasteiger charge is 2.26. The number of thiazole rings is 1. The number of aromatic nitrogens is 1. The lowest BCUT2D eigenvalue weighted by atomic mass is 10.2. The largest absolute Gasteiger partial charge is 0.347 e. The normalized spacial score (nSPS) is 15.3. The SMILES string of the molecule is NCCc1nc(C(=O)NCc2ccc(S(=O)(=O)N3CCCC3)cc2)cs1. The van der Waals surface area contributed by atoms with Gasteiger partial charge in [0.1, 0.15) is 5.69 Å². The van der Waals surface area contributed by atoms with E-state index in [-0.39, 0.29) is 5.91 Å². The van der Waals surface area contributed by atoms with Crippen molar-refractivity contribution in [2.45, 2.75) is 30.7 Å². The second-order valence-corrected chi connectivity index (χ2v) is 8.98. The van der Waals surface area contributed by atoms with Crippen molar-refractivity contribution in [2.24, 2.45) is 5.73 Å². The zero-order chi connectivity index (χ0) is 18.6. The molecule has 0 unspecified atom stereocenters. The minimum atomic E-state index is -3.41. The molecule has 1 saturated heterocycles. The third kappa shape index (κ3) is 4.29. The molecule has 0 bridgehead atoms. The Morgan fingerprint density at radius 1 is 1.23 bits per heavy atom. The summed E-state index contributed by atoms with van der Waals surface area (Å²) in [6.07, 6.45) is 2.48. The summed E-state index contributed by atoms with van der Waals surface area (Å²) in [5, 5.41) is 5.35. The van der Waals surface area contributed by atoms with Gasteiger partial charge in [-0.3, -0.25) is 4.79 Å². The van der Waals surface area contributed by atoms with Crippen LogP contribution >= 0.6 is 11.3 Å². The predicted molar refractivity (Wildman–Crippen MR) is 100 cm³/mol. The summed E-state index contributed by atoms with van der Waals surface area (Å²) in [7, 11) is -3.41. The topological polar surface area (TPSA) is 105 Å². The van der Waals surface area contributed by atoms with Crippen LogP contribution in [0.5, 0.6) is 0 Å². The van der Waals surface area contributed by atoms with E-state index in [4.69, 9.17) is 5.73 Å². The number of sulfonamides is 1. The van der Waals surface area contributed by atoms with E-state index in [0.717, 1.165) is 23.4 Å². The lowest BCUT2D eigenvalue weighted by Crippen LogP contribution is -2.28. The lowest BCUT2D eigenvalue weighted by Gasteiger charge is -2.15. The second kappa shape index (κ2) is 8.26. The highest BCUT2D eigenvalue weighted by atomic mass is 32.2. The molecule has 1 aliphatic rings. The quantitative estimate of drug-likeness (QED) is 0.738. The van der Waals surface area contributed by atoms with Crippen LogP contribution in [0.2, 0.25) is 0 Å². The van der Waals surface area contributed by atoms with E-state index >= 15 is 0 Å². The number of hydrogen-bond acceptors (Lipinski definition) is 6. The molecule has 7 nitrogen and oxygen atoms in total. The summed E-state index contributed by atoms with van der Waals surface area (Å²) < 4.78 is 26.5. The number of carbonyl (C=O) groups excluding carboxylic acids is 1. The number of rotatable bonds is 7. The fourth-order valence-corrected chi connectivity index (χ4v) is 5.09. The number of nitrogens with zero attached hydrogens (tertiary/aromatic N) is 2. The van der Waals surface area contributed by atoms with Crippen molar-refractivity contribution in [1.82, 2.24) is 14.6 Å². The summed E-state index contributed by atoms with van der Waals surface area (Å²) in [6, 6.07) is 6.64. The molecule has 2 aromatic rings. The first-order chi connectivity index (χ1) is 12.5. The molecule has 2 heterocycles. The molecule has 1 aromatic carbocycles. The van der Waals surface area contributed by atoms with Crippen molar-refractivity contribution in [2.75, 3.05) is 19.6 Å². The van der Waals surface area contributed by atoms with Gasteiger partial charge in [-0.1, -0.05) is 12.1 Å². The van der Waals surface area contributed by atoms with Gasteiger partial charge in [-0.05, 0) is 37.1 Å². The van der Waals surface area contributed by atoms with E-state index in [9.17, 15) is 13.2 Å². The Hall–Kier alpha value is -1.81. The first-order valence-electron chi connectivity index (χ1n) is 8.52. The molecule has 9 heteroatoms. The molecule has 1 aromatic heterocycles. The molecule has 1 fully saturated rings. The van der Waals surface area contributed by atoms with Crippen molar-refractivity contribution in [3.05, 3.63) is 45.9 Å². The molecule has 0 radical (unpaired) electrons. The number of benzene rings is 1. The van der Waals surface area contributed by atoms with Crippen molar-refractivity contribution in [1.29, 1.82) is 0 Å². The molecule has 26 heavy (non-hydrogen) atoms. The smallest absolute Gasteiger partial charge is 0.271 e. The third-order valence-corrected chi connectivity index (χ3v) is 7.04. The molecule has 1 amide bonds. The minimum absolute atomic E-state index is 0.252. The number of amides is 1. The molecule has 0 aliphatic carbocycles. The molecule has 3 rings (SSSR count). The predicted octanol–water partition coefficient (Wildman–Crippen LogP) is 1.36. The van der Waals surface area contributed by atoms with Gasteiger partial charge in [0.05, 0.1) is 9.90 Å². The van der Waals surface area contributed by atoms with Gasteiger partial charge in [-0.25, -0.2) is 13.4 Å². The minimum Gasteiger partial charge on any atom is -0.347 e. The zero-order valence-electron chi connectivity index (χ0n) is 14.3. The Morgan fingerprint density at radius 3 is 2.58 bits per heavy atom. The van der Waals surface area contributed by atoms with Gasteiger partial charge in [0.2, 0.25) is 10.0 Å². The average Bonchev–Trinajstić information content (AvgIpc) is 3.32. The Labute approximate surface area is 157 Å². The van der Waals surface area contributed by atoms with Gasteiger partial charge in [0.25, 0.3) is 5.91 Å². The first-order valence-corrected chi connectivity index (χ1v) is 10.8.